The normalized spacial score (nSPS) is 18.9. The highest BCUT2D eigenvalue weighted by Crippen LogP contribution is 2.37. The van der Waals surface area contributed by atoms with Gasteiger partial charge in [-0.15, -0.1) is 0 Å². The minimum atomic E-state index is -0.539. The third-order valence-electron chi connectivity index (χ3n) is 3.90. The third kappa shape index (κ3) is 3.48. The van der Waals surface area contributed by atoms with Gasteiger partial charge < -0.3 is 15.2 Å². The van der Waals surface area contributed by atoms with Crippen LogP contribution in [0.3, 0.4) is 0 Å². The molecule has 0 aliphatic carbocycles. The maximum Gasteiger partial charge on any atom is 0.138 e. The first-order valence-corrected chi connectivity index (χ1v) is 8.27. The number of aliphatic hydroxyl groups excluding tert-OH is 1. The van der Waals surface area contributed by atoms with Crippen LogP contribution in [0.2, 0.25) is 0 Å². The fourth-order valence-electron chi connectivity index (χ4n) is 2.74. The van der Waals surface area contributed by atoms with Gasteiger partial charge in [0.05, 0.1) is 17.2 Å². The summed E-state index contributed by atoms with van der Waals surface area (Å²) < 4.78 is 6.82. The summed E-state index contributed by atoms with van der Waals surface area (Å²) in [6, 6.07) is 9.97. The largest absolute Gasteiger partial charge is 0.492 e. The van der Waals surface area contributed by atoms with E-state index in [1.54, 1.807) is 12.4 Å². The third-order valence-corrected chi connectivity index (χ3v) is 4.53. The van der Waals surface area contributed by atoms with Crippen molar-refractivity contribution < 1.29 is 9.84 Å². The molecule has 0 unspecified atom stereocenters. The van der Waals surface area contributed by atoms with Crippen LogP contribution in [0.5, 0.6) is 5.75 Å². The lowest BCUT2D eigenvalue weighted by Gasteiger charge is -2.21. The fraction of sp³-hybridized carbons (Fsp3) is 0.353. The molecule has 1 aromatic heterocycles. The molecule has 0 radical (unpaired) electrons. The van der Waals surface area contributed by atoms with E-state index in [1.165, 1.54) is 0 Å². The molecule has 0 bridgehead atoms. The summed E-state index contributed by atoms with van der Waals surface area (Å²) in [5.41, 5.74) is 2.02. The SMILES string of the molecule is O[C@@H](CN[C@H]1CCCOc2c(Br)cccc21)c1ccncc1. The van der Waals surface area contributed by atoms with Crippen LogP contribution in [0.1, 0.15) is 36.1 Å². The molecule has 116 valence electrons. The lowest BCUT2D eigenvalue weighted by molar-refractivity contribution is 0.169. The summed E-state index contributed by atoms with van der Waals surface area (Å²) in [6.07, 6.45) is 4.84. The number of para-hydroxylation sites is 1. The number of rotatable bonds is 4. The van der Waals surface area contributed by atoms with Gasteiger partial charge in [-0.25, -0.2) is 0 Å². The summed E-state index contributed by atoms with van der Waals surface area (Å²) >= 11 is 3.55. The van der Waals surface area contributed by atoms with E-state index < -0.39 is 6.10 Å². The lowest BCUT2D eigenvalue weighted by atomic mass is 10.0. The summed E-state index contributed by atoms with van der Waals surface area (Å²) in [5, 5.41) is 13.8. The topological polar surface area (TPSA) is 54.4 Å². The minimum Gasteiger partial charge on any atom is -0.492 e. The number of hydrogen-bond donors (Lipinski definition) is 2. The molecule has 0 spiro atoms. The van der Waals surface area contributed by atoms with E-state index in [9.17, 15) is 5.11 Å². The van der Waals surface area contributed by atoms with E-state index in [4.69, 9.17) is 4.74 Å². The molecule has 1 aromatic carbocycles. The van der Waals surface area contributed by atoms with Crippen molar-refractivity contribution in [2.45, 2.75) is 25.0 Å². The molecule has 0 fully saturated rings. The first-order valence-electron chi connectivity index (χ1n) is 7.48. The molecular formula is C17H19BrN2O2. The second-order valence-corrected chi connectivity index (χ2v) is 6.26. The summed E-state index contributed by atoms with van der Waals surface area (Å²) in [5.74, 6) is 0.913. The smallest absolute Gasteiger partial charge is 0.138 e. The predicted octanol–water partition coefficient (Wildman–Crippen LogP) is 3.38. The second kappa shape index (κ2) is 7.22. The summed E-state index contributed by atoms with van der Waals surface area (Å²) in [7, 11) is 0. The molecule has 0 saturated carbocycles. The van der Waals surface area contributed by atoms with Crippen molar-refractivity contribution in [2.24, 2.45) is 0 Å². The Bertz CT molecular complexity index is 621. The number of fused-ring (bicyclic) bond motifs is 1. The lowest BCUT2D eigenvalue weighted by Crippen LogP contribution is -2.26. The predicted molar refractivity (Wildman–Crippen MR) is 88.8 cm³/mol. The molecular weight excluding hydrogens is 344 g/mol. The average Bonchev–Trinajstić information content (AvgIpc) is 2.77. The van der Waals surface area contributed by atoms with Crippen molar-refractivity contribution in [1.29, 1.82) is 0 Å². The van der Waals surface area contributed by atoms with Crippen LogP contribution in [0, 0.1) is 0 Å². The van der Waals surface area contributed by atoms with Gasteiger partial charge in [0.2, 0.25) is 0 Å². The number of nitrogens with zero attached hydrogens (tertiary/aromatic N) is 1. The Morgan fingerprint density at radius 1 is 1.32 bits per heavy atom. The van der Waals surface area contributed by atoms with Crippen LogP contribution in [0.4, 0.5) is 0 Å². The maximum absolute atomic E-state index is 10.3. The zero-order chi connectivity index (χ0) is 15.4. The molecule has 22 heavy (non-hydrogen) atoms. The fourth-order valence-corrected chi connectivity index (χ4v) is 3.23. The zero-order valence-electron chi connectivity index (χ0n) is 12.2. The Kier molecular flexibility index (Phi) is 5.08. The van der Waals surface area contributed by atoms with Crippen molar-refractivity contribution in [3.63, 3.8) is 0 Å². The van der Waals surface area contributed by atoms with Gasteiger partial charge in [-0.1, -0.05) is 12.1 Å². The number of hydrogen-bond acceptors (Lipinski definition) is 4. The van der Waals surface area contributed by atoms with Gasteiger partial charge in [0.25, 0.3) is 0 Å². The first kappa shape index (κ1) is 15.5. The van der Waals surface area contributed by atoms with Gasteiger partial charge in [-0.2, -0.15) is 0 Å². The molecule has 5 heteroatoms. The van der Waals surface area contributed by atoms with Crippen LogP contribution in [0.15, 0.2) is 47.2 Å². The van der Waals surface area contributed by atoms with Gasteiger partial charge in [0.15, 0.2) is 0 Å². The molecule has 2 N–H and O–H groups in total. The van der Waals surface area contributed by atoms with Crippen LogP contribution >= 0.6 is 15.9 Å². The van der Waals surface area contributed by atoms with Gasteiger partial charge in [-0.05, 0) is 52.5 Å². The van der Waals surface area contributed by atoms with Gasteiger partial charge in [-0.3, -0.25) is 4.98 Å². The van der Waals surface area contributed by atoms with E-state index >= 15 is 0 Å². The monoisotopic (exact) mass is 362 g/mol. The van der Waals surface area contributed by atoms with Crippen molar-refractivity contribution >= 4 is 15.9 Å². The Labute approximate surface area is 138 Å². The van der Waals surface area contributed by atoms with Crippen LogP contribution in [0.25, 0.3) is 0 Å². The van der Waals surface area contributed by atoms with Gasteiger partial charge in [0.1, 0.15) is 5.75 Å². The molecule has 3 rings (SSSR count). The number of halogens is 1. The Hall–Kier alpha value is -1.43. The van der Waals surface area contributed by atoms with Crippen LogP contribution in [-0.4, -0.2) is 23.2 Å². The number of aliphatic hydroxyl groups is 1. The quantitative estimate of drug-likeness (QED) is 0.875. The molecule has 2 atom stereocenters. The number of ether oxygens (including phenoxy) is 1. The average molecular weight is 363 g/mol. The van der Waals surface area contributed by atoms with Crippen molar-refractivity contribution in [2.75, 3.05) is 13.2 Å². The molecule has 1 aliphatic rings. The van der Waals surface area contributed by atoms with E-state index in [0.717, 1.165) is 40.8 Å². The Morgan fingerprint density at radius 2 is 2.14 bits per heavy atom. The highest BCUT2D eigenvalue weighted by molar-refractivity contribution is 9.10. The van der Waals surface area contributed by atoms with Crippen molar-refractivity contribution in [1.82, 2.24) is 10.3 Å². The highest BCUT2D eigenvalue weighted by Gasteiger charge is 2.22. The van der Waals surface area contributed by atoms with E-state index in [2.05, 4.69) is 32.3 Å². The number of aromatic nitrogens is 1. The number of pyridine rings is 1. The zero-order valence-corrected chi connectivity index (χ0v) is 13.8. The first-order chi connectivity index (χ1) is 10.8. The maximum atomic E-state index is 10.3. The molecule has 0 saturated heterocycles. The van der Waals surface area contributed by atoms with Gasteiger partial charge in [0, 0.05) is 30.5 Å². The summed E-state index contributed by atoms with van der Waals surface area (Å²) in [4.78, 5) is 3.98. The number of nitrogens with one attached hydrogen (secondary N) is 1. The highest BCUT2D eigenvalue weighted by atomic mass is 79.9. The molecule has 0 amide bonds. The second-order valence-electron chi connectivity index (χ2n) is 5.41. The van der Waals surface area contributed by atoms with Crippen molar-refractivity contribution in [3.8, 4) is 5.75 Å². The van der Waals surface area contributed by atoms with E-state index in [1.807, 2.05) is 24.3 Å². The molecule has 2 aromatic rings. The van der Waals surface area contributed by atoms with Crippen LogP contribution < -0.4 is 10.1 Å². The van der Waals surface area contributed by atoms with E-state index in [0.29, 0.717) is 6.54 Å². The molecule has 1 aliphatic heterocycles. The summed E-state index contributed by atoms with van der Waals surface area (Å²) in [6.45, 7) is 1.22. The number of benzene rings is 1. The standard InChI is InChI=1S/C17H19BrN2O2/c18-14-4-1-3-13-15(5-2-10-22-17(13)14)20-11-16(21)12-6-8-19-9-7-12/h1,3-4,6-9,15-16,20-21H,2,5,10-11H2/t15-,16-/m0/s1. The van der Waals surface area contributed by atoms with Crippen LogP contribution in [-0.2, 0) is 0 Å². The van der Waals surface area contributed by atoms with E-state index in [-0.39, 0.29) is 6.04 Å². The van der Waals surface area contributed by atoms with Crippen molar-refractivity contribution in [3.05, 3.63) is 58.3 Å². The Morgan fingerprint density at radius 3 is 2.95 bits per heavy atom. The van der Waals surface area contributed by atoms with Gasteiger partial charge >= 0.3 is 0 Å². The minimum absolute atomic E-state index is 0.187. The Balaban J connectivity index is 1.72. The molecule has 4 nitrogen and oxygen atoms in total. The molecule has 2 heterocycles.